The lowest BCUT2D eigenvalue weighted by molar-refractivity contribution is -0.139. The Morgan fingerprint density at radius 1 is 1.45 bits per heavy atom. The van der Waals surface area contributed by atoms with Crippen LogP contribution in [0.15, 0.2) is 24.3 Å². The van der Waals surface area contributed by atoms with Gasteiger partial charge in [0, 0.05) is 11.5 Å². The minimum absolute atomic E-state index is 0.295. The fraction of sp³-hybridized carbons (Fsp3) is 0.385. The molecular formula is C13H17NO5S. The monoisotopic (exact) mass is 299 g/mol. The van der Waals surface area contributed by atoms with Crippen molar-refractivity contribution in [3.8, 4) is 11.5 Å². The molecule has 6 nitrogen and oxygen atoms in total. The molecule has 2 N–H and O–H groups in total. The molecule has 0 aliphatic heterocycles. The van der Waals surface area contributed by atoms with Gasteiger partial charge in [0.2, 0.25) is 6.41 Å². The predicted octanol–water partition coefficient (Wildman–Crippen LogP) is 1.01. The third-order valence-electron chi connectivity index (χ3n) is 2.41. The fourth-order valence-corrected chi connectivity index (χ4v) is 2.26. The molecule has 0 aliphatic carbocycles. The molecule has 0 saturated heterocycles. The molecule has 1 unspecified atom stereocenters. The van der Waals surface area contributed by atoms with Crippen molar-refractivity contribution in [3.05, 3.63) is 24.3 Å². The molecule has 110 valence electrons. The van der Waals surface area contributed by atoms with Crippen LogP contribution < -0.4 is 14.8 Å². The van der Waals surface area contributed by atoms with Gasteiger partial charge < -0.3 is 19.9 Å². The second-order valence-corrected chi connectivity index (χ2v) is 4.90. The number of aliphatic carboxylic acids is 1. The van der Waals surface area contributed by atoms with Crippen LogP contribution in [0.3, 0.4) is 0 Å². The van der Waals surface area contributed by atoms with Crippen LogP contribution in [-0.4, -0.2) is 48.8 Å². The number of carbonyl (C=O) groups is 2. The molecule has 1 rings (SSSR count). The Morgan fingerprint density at radius 2 is 2.15 bits per heavy atom. The Kier molecular flexibility index (Phi) is 7.34. The number of carboxylic acid groups (broad SMARTS) is 1. The van der Waals surface area contributed by atoms with Gasteiger partial charge in [0.25, 0.3) is 0 Å². The Balaban J connectivity index is 2.27. The van der Waals surface area contributed by atoms with E-state index in [2.05, 4.69) is 5.32 Å². The van der Waals surface area contributed by atoms with Crippen LogP contribution in [0.4, 0.5) is 0 Å². The molecular weight excluding hydrogens is 282 g/mol. The number of amides is 1. The van der Waals surface area contributed by atoms with Gasteiger partial charge in [-0.1, -0.05) is 12.1 Å². The normalized spacial score (nSPS) is 11.4. The highest BCUT2D eigenvalue weighted by molar-refractivity contribution is 7.99. The van der Waals surface area contributed by atoms with Crippen molar-refractivity contribution in [2.24, 2.45) is 0 Å². The van der Waals surface area contributed by atoms with E-state index >= 15 is 0 Å². The van der Waals surface area contributed by atoms with Gasteiger partial charge in [-0.15, -0.1) is 0 Å². The van der Waals surface area contributed by atoms with Crippen LogP contribution in [-0.2, 0) is 9.59 Å². The number of benzene rings is 1. The molecule has 1 aromatic carbocycles. The molecule has 1 amide bonds. The molecule has 0 saturated carbocycles. The van der Waals surface area contributed by atoms with Crippen LogP contribution >= 0.6 is 11.8 Å². The molecule has 0 fully saturated rings. The average molecular weight is 299 g/mol. The number of rotatable bonds is 10. The number of carboxylic acids is 1. The van der Waals surface area contributed by atoms with E-state index in [1.807, 2.05) is 12.1 Å². The van der Waals surface area contributed by atoms with Crippen LogP contribution in [0.1, 0.15) is 0 Å². The number of hydrogen-bond donors (Lipinski definition) is 2. The molecule has 1 atom stereocenters. The molecule has 0 aliphatic rings. The largest absolute Gasteiger partial charge is 0.493 e. The third-order valence-corrected chi connectivity index (χ3v) is 3.43. The molecule has 0 aromatic heterocycles. The van der Waals surface area contributed by atoms with Crippen LogP contribution in [0.25, 0.3) is 0 Å². The minimum Gasteiger partial charge on any atom is -0.493 e. The maximum Gasteiger partial charge on any atom is 0.327 e. The van der Waals surface area contributed by atoms with Crippen LogP contribution in [0.2, 0.25) is 0 Å². The second kappa shape index (κ2) is 9.08. The number of ether oxygens (including phenoxy) is 2. The van der Waals surface area contributed by atoms with Gasteiger partial charge in [-0.2, -0.15) is 11.8 Å². The molecule has 0 heterocycles. The number of methoxy groups -OCH3 is 1. The summed E-state index contributed by atoms with van der Waals surface area (Å²) in [7, 11) is 1.57. The SMILES string of the molecule is COc1ccccc1OCCSCC(NC=O)C(=O)O. The number of para-hydroxylation sites is 2. The van der Waals surface area contributed by atoms with Crippen molar-refractivity contribution in [1.82, 2.24) is 5.32 Å². The van der Waals surface area contributed by atoms with Gasteiger partial charge in [-0.05, 0) is 12.1 Å². The third kappa shape index (κ3) is 5.40. The lowest BCUT2D eigenvalue weighted by Crippen LogP contribution is -2.38. The average Bonchev–Trinajstić information content (AvgIpc) is 2.46. The van der Waals surface area contributed by atoms with Crippen molar-refractivity contribution in [1.29, 1.82) is 0 Å². The Bertz CT molecular complexity index is 441. The zero-order valence-corrected chi connectivity index (χ0v) is 11.9. The summed E-state index contributed by atoms with van der Waals surface area (Å²) in [4.78, 5) is 21.0. The van der Waals surface area contributed by atoms with Gasteiger partial charge in [-0.3, -0.25) is 4.79 Å². The molecule has 1 aromatic rings. The van der Waals surface area contributed by atoms with E-state index in [0.717, 1.165) is 0 Å². The zero-order chi connectivity index (χ0) is 14.8. The Labute approximate surface area is 121 Å². The maximum atomic E-state index is 10.8. The first kappa shape index (κ1) is 16.2. The predicted molar refractivity (Wildman–Crippen MR) is 76.4 cm³/mol. The molecule has 0 spiro atoms. The van der Waals surface area contributed by atoms with E-state index in [1.165, 1.54) is 11.8 Å². The molecule has 7 heteroatoms. The smallest absolute Gasteiger partial charge is 0.327 e. The number of hydrogen-bond acceptors (Lipinski definition) is 5. The van der Waals surface area contributed by atoms with Crippen LogP contribution in [0, 0.1) is 0 Å². The quantitative estimate of drug-likeness (QED) is 0.495. The van der Waals surface area contributed by atoms with Gasteiger partial charge in [0.1, 0.15) is 6.04 Å². The fourth-order valence-electron chi connectivity index (χ4n) is 1.42. The molecule has 0 radical (unpaired) electrons. The standard InChI is InChI=1S/C13H17NO5S/c1-18-11-4-2-3-5-12(11)19-6-7-20-8-10(13(16)17)14-9-15/h2-5,9-10H,6-8H2,1H3,(H,14,15)(H,16,17). The number of nitrogens with one attached hydrogen (secondary N) is 1. The maximum absolute atomic E-state index is 10.8. The number of carbonyl (C=O) groups excluding carboxylic acids is 1. The highest BCUT2D eigenvalue weighted by Crippen LogP contribution is 2.25. The van der Waals surface area contributed by atoms with Gasteiger partial charge in [0.15, 0.2) is 11.5 Å². The van der Waals surface area contributed by atoms with Crippen molar-refractivity contribution in [3.63, 3.8) is 0 Å². The Hall–Kier alpha value is -1.89. The van der Waals surface area contributed by atoms with Crippen molar-refractivity contribution in [2.75, 3.05) is 25.2 Å². The summed E-state index contributed by atoms with van der Waals surface area (Å²) in [6.07, 6.45) is 0.394. The summed E-state index contributed by atoms with van der Waals surface area (Å²) in [6, 6.07) is 6.43. The van der Waals surface area contributed by atoms with Crippen molar-refractivity contribution >= 4 is 24.1 Å². The van der Waals surface area contributed by atoms with E-state index in [0.29, 0.717) is 36.0 Å². The minimum atomic E-state index is -1.05. The first-order valence-electron chi connectivity index (χ1n) is 5.95. The van der Waals surface area contributed by atoms with E-state index < -0.39 is 12.0 Å². The van der Waals surface area contributed by atoms with Gasteiger partial charge >= 0.3 is 5.97 Å². The first-order chi connectivity index (χ1) is 9.69. The zero-order valence-electron chi connectivity index (χ0n) is 11.1. The highest BCUT2D eigenvalue weighted by atomic mass is 32.2. The Morgan fingerprint density at radius 3 is 2.75 bits per heavy atom. The lowest BCUT2D eigenvalue weighted by Gasteiger charge is -2.12. The van der Waals surface area contributed by atoms with Crippen molar-refractivity contribution in [2.45, 2.75) is 6.04 Å². The molecule has 0 bridgehead atoms. The number of thioether (sulfide) groups is 1. The van der Waals surface area contributed by atoms with Gasteiger partial charge in [-0.25, -0.2) is 4.79 Å². The summed E-state index contributed by atoms with van der Waals surface area (Å²) >= 11 is 1.39. The van der Waals surface area contributed by atoms with Crippen molar-refractivity contribution < 1.29 is 24.2 Å². The summed E-state index contributed by atoms with van der Waals surface area (Å²) < 4.78 is 10.7. The molecule has 20 heavy (non-hydrogen) atoms. The van der Waals surface area contributed by atoms with E-state index in [4.69, 9.17) is 14.6 Å². The van der Waals surface area contributed by atoms with E-state index in [1.54, 1.807) is 19.2 Å². The summed E-state index contributed by atoms with van der Waals surface area (Å²) in [5, 5.41) is 11.1. The summed E-state index contributed by atoms with van der Waals surface area (Å²) in [5.74, 6) is 1.17. The van der Waals surface area contributed by atoms with Crippen LogP contribution in [0.5, 0.6) is 11.5 Å². The van der Waals surface area contributed by atoms with E-state index in [-0.39, 0.29) is 0 Å². The topological polar surface area (TPSA) is 84.9 Å². The highest BCUT2D eigenvalue weighted by Gasteiger charge is 2.15. The van der Waals surface area contributed by atoms with Gasteiger partial charge in [0.05, 0.1) is 13.7 Å². The second-order valence-electron chi connectivity index (χ2n) is 3.75. The summed E-state index contributed by atoms with van der Waals surface area (Å²) in [6.45, 7) is 0.429. The van der Waals surface area contributed by atoms with E-state index in [9.17, 15) is 9.59 Å². The lowest BCUT2D eigenvalue weighted by atomic mass is 10.3. The first-order valence-corrected chi connectivity index (χ1v) is 7.10. The summed E-state index contributed by atoms with van der Waals surface area (Å²) in [5.41, 5.74) is 0.